The number of nitrogens with zero attached hydrogens (tertiary/aromatic N) is 2. The molecular weight excluding hydrogens is 609 g/mol. The SMILES string of the molecule is Cc1ccc2c(c1)SC(c1ccc(-c3c4ccccc4c(-c4ccc(-c5nc6ccc(C)cc6s5)cc4)c4ccccc34)cc1)N2C. The molecule has 7 aromatic carbocycles. The Bertz CT molecular complexity index is 2420. The van der Waals surface area contributed by atoms with Gasteiger partial charge in [-0.1, -0.05) is 121 Å². The van der Waals surface area contributed by atoms with Gasteiger partial charge < -0.3 is 4.90 Å². The third-order valence-corrected chi connectivity index (χ3v) is 11.9. The maximum absolute atomic E-state index is 4.94. The minimum atomic E-state index is 0.270. The summed E-state index contributed by atoms with van der Waals surface area (Å²) >= 11 is 3.70. The number of fused-ring (bicyclic) bond motifs is 4. The average molecular weight is 641 g/mol. The van der Waals surface area contributed by atoms with Crippen LogP contribution in [0.2, 0.25) is 0 Å². The molecule has 0 bridgehead atoms. The Labute approximate surface area is 283 Å². The second-order valence-electron chi connectivity index (χ2n) is 12.6. The molecule has 0 spiro atoms. The lowest BCUT2D eigenvalue weighted by Gasteiger charge is -2.22. The van der Waals surface area contributed by atoms with Gasteiger partial charge in [-0.15, -0.1) is 11.3 Å². The minimum absolute atomic E-state index is 0.270. The van der Waals surface area contributed by atoms with E-state index in [9.17, 15) is 0 Å². The number of rotatable bonds is 4. The van der Waals surface area contributed by atoms with E-state index < -0.39 is 0 Å². The van der Waals surface area contributed by atoms with E-state index in [1.165, 1.54) is 75.8 Å². The molecule has 0 aliphatic carbocycles. The van der Waals surface area contributed by atoms with Gasteiger partial charge in [0.15, 0.2) is 0 Å². The van der Waals surface area contributed by atoms with Crippen molar-refractivity contribution >= 4 is 60.5 Å². The number of thiazole rings is 1. The number of benzene rings is 7. The molecule has 1 aliphatic rings. The highest BCUT2D eigenvalue weighted by molar-refractivity contribution is 8.00. The molecule has 0 radical (unpaired) electrons. The summed E-state index contributed by atoms with van der Waals surface area (Å²) in [6, 6.07) is 49.3. The molecule has 0 saturated carbocycles. The summed E-state index contributed by atoms with van der Waals surface area (Å²) in [6.07, 6.45) is 0. The van der Waals surface area contributed by atoms with Gasteiger partial charge in [-0.25, -0.2) is 4.98 Å². The van der Waals surface area contributed by atoms with E-state index in [0.29, 0.717) is 0 Å². The van der Waals surface area contributed by atoms with Crippen LogP contribution in [0, 0.1) is 13.8 Å². The summed E-state index contributed by atoms with van der Waals surface area (Å²) < 4.78 is 1.24. The molecule has 0 N–H and O–H groups in total. The molecule has 2 heterocycles. The van der Waals surface area contributed by atoms with Gasteiger partial charge in [0.05, 0.1) is 15.9 Å². The average Bonchev–Trinajstić information content (AvgIpc) is 3.67. The van der Waals surface area contributed by atoms with Crippen molar-refractivity contribution in [2.75, 3.05) is 11.9 Å². The van der Waals surface area contributed by atoms with Crippen molar-refractivity contribution in [1.29, 1.82) is 0 Å². The smallest absolute Gasteiger partial charge is 0.124 e. The molecule has 47 heavy (non-hydrogen) atoms. The zero-order valence-electron chi connectivity index (χ0n) is 26.5. The monoisotopic (exact) mass is 640 g/mol. The first-order chi connectivity index (χ1) is 23.0. The Balaban J connectivity index is 1.13. The summed E-state index contributed by atoms with van der Waals surface area (Å²) in [5.41, 5.74) is 12.5. The number of aryl methyl sites for hydroxylation is 2. The van der Waals surface area contributed by atoms with Crippen LogP contribution in [0.4, 0.5) is 5.69 Å². The van der Waals surface area contributed by atoms with Crippen LogP contribution in [0.15, 0.2) is 138 Å². The molecule has 2 nitrogen and oxygen atoms in total. The fourth-order valence-electron chi connectivity index (χ4n) is 7.12. The second-order valence-corrected chi connectivity index (χ2v) is 14.7. The van der Waals surface area contributed by atoms with Crippen molar-refractivity contribution in [3.63, 3.8) is 0 Å². The van der Waals surface area contributed by atoms with Crippen molar-refractivity contribution in [3.8, 4) is 32.8 Å². The highest BCUT2D eigenvalue weighted by Gasteiger charge is 2.28. The van der Waals surface area contributed by atoms with Gasteiger partial charge in [0.1, 0.15) is 10.4 Å². The predicted octanol–water partition coefficient (Wildman–Crippen LogP) is 12.5. The van der Waals surface area contributed by atoms with Crippen molar-refractivity contribution < 1.29 is 0 Å². The van der Waals surface area contributed by atoms with E-state index in [2.05, 4.69) is 159 Å². The van der Waals surface area contributed by atoms with Crippen molar-refractivity contribution in [3.05, 3.63) is 150 Å². The number of hydrogen-bond donors (Lipinski definition) is 0. The standard InChI is InChI=1S/C43H32N2S2/c1-26-12-22-36-38(24-26)46-42(44-36)30-18-14-28(15-19-30)40-32-8-4-6-10-34(32)41(35-11-7-5-9-33(35)40)29-16-20-31(21-17-29)43-45(3)37-23-13-27(2)25-39(37)47-43/h4-25,43H,1-3H3. The van der Waals surface area contributed by atoms with Gasteiger partial charge in [-0.3, -0.25) is 0 Å². The van der Waals surface area contributed by atoms with Crippen LogP contribution in [0.25, 0.3) is 64.6 Å². The van der Waals surface area contributed by atoms with E-state index in [0.717, 1.165) is 16.1 Å². The van der Waals surface area contributed by atoms with Gasteiger partial charge >= 0.3 is 0 Å². The molecule has 1 aromatic heterocycles. The van der Waals surface area contributed by atoms with E-state index in [4.69, 9.17) is 4.98 Å². The largest absolute Gasteiger partial charge is 0.357 e. The van der Waals surface area contributed by atoms with Crippen LogP contribution in [0.3, 0.4) is 0 Å². The maximum Gasteiger partial charge on any atom is 0.124 e. The highest BCUT2D eigenvalue weighted by Crippen LogP contribution is 2.51. The quantitative estimate of drug-likeness (QED) is 0.178. The second kappa shape index (κ2) is 11.1. The van der Waals surface area contributed by atoms with Gasteiger partial charge in [0, 0.05) is 17.5 Å². The molecule has 0 fully saturated rings. The zero-order valence-corrected chi connectivity index (χ0v) is 28.1. The number of hydrogen-bond acceptors (Lipinski definition) is 4. The predicted molar refractivity (Wildman–Crippen MR) is 204 cm³/mol. The molecule has 0 amide bonds. The maximum atomic E-state index is 4.94. The van der Waals surface area contributed by atoms with Gasteiger partial charge in [-0.2, -0.15) is 0 Å². The van der Waals surface area contributed by atoms with Crippen LogP contribution in [0.1, 0.15) is 22.1 Å². The Hall–Kier alpha value is -4.90. The van der Waals surface area contributed by atoms with E-state index in [1.807, 2.05) is 11.8 Å². The molecule has 1 aliphatic heterocycles. The lowest BCUT2D eigenvalue weighted by atomic mass is 9.85. The molecule has 0 saturated heterocycles. The fraction of sp³-hybridized carbons (Fsp3) is 0.0930. The number of thioether (sulfide) groups is 1. The molecule has 1 atom stereocenters. The summed E-state index contributed by atoms with van der Waals surface area (Å²) in [5.74, 6) is 0. The third kappa shape index (κ3) is 4.74. The fourth-order valence-corrected chi connectivity index (χ4v) is 9.59. The van der Waals surface area contributed by atoms with E-state index in [-0.39, 0.29) is 5.37 Å². The highest BCUT2D eigenvalue weighted by atomic mass is 32.2. The van der Waals surface area contributed by atoms with Crippen LogP contribution >= 0.6 is 23.1 Å². The van der Waals surface area contributed by atoms with Crippen LogP contribution in [-0.2, 0) is 0 Å². The van der Waals surface area contributed by atoms with E-state index in [1.54, 1.807) is 11.3 Å². The van der Waals surface area contributed by atoms with E-state index >= 15 is 0 Å². The zero-order chi connectivity index (χ0) is 31.6. The first-order valence-corrected chi connectivity index (χ1v) is 17.7. The minimum Gasteiger partial charge on any atom is -0.357 e. The first kappa shape index (κ1) is 28.3. The summed E-state index contributed by atoms with van der Waals surface area (Å²) in [5, 5.41) is 6.42. The molecule has 9 rings (SSSR count). The lowest BCUT2D eigenvalue weighted by Crippen LogP contribution is -2.16. The summed E-state index contributed by atoms with van der Waals surface area (Å²) in [7, 11) is 2.21. The molecule has 8 aromatic rings. The molecular formula is C43H32N2S2. The van der Waals surface area contributed by atoms with Gasteiger partial charge in [0.2, 0.25) is 0 Å². The Morgan fingerprint density at radius 1 is 0.574 bits per heavy atom. The Morgan fingerprint density at radius 3 is 1.72 bits per heavy atom. The summed E-state index contributed by atoms with van der Waals surface area (Å²) in [4.78, 5) is 8.69. The topological polar surface area (TPSA) is 16.1 Å². The van der Waals surface area contributed by atoms with Crippen LogP contribution in [0.5, 0.6) is 0 Å². The number of anilines is 1. The number of aromatic nitrogens is 1. The van der Waals surface area contributed by atoms with Crippen molar-refractivity contribution in [2.45, 2.75) is 24.1 Å². The molecule has 1 unspecified atom stereocenters. The van der Waals surface area contributed by atoms with Crippen molar-refractivity contribution in [1.82, 2.24) is 4.98 Å². The van der Waals surface area contributed by atoms with Crippen LogP contribution < -0.4 is 4.90 Å². The lowest BCUT2D eigenvalue weighted by molar-refractivity contribution is 0.913. The van der Waals surface area contributed by atoms with Gasteiger partial charge in [0.25, 0.3) is 0 Å². The Kier molecular flexibility index (Phi) is 6.70. The molecule has 4 heteroatoms. The van der Waals surface area contributed by atoms with Gasteiger partial charge in [-0.05, 0) is 98.6 Å². The van der Waals surface area contributed by atoms with Crippen molar-refractivity contribution in [2.24, 2.45) is 0 Å². The van der Waals surface area contributed by atoms with Crippen LogP contribution in [-0.4, -0.2) is 12.0 Å². The molecule has 226 valence electrons. The Morgan fingerprint density at radius 2 is 1.11 bits per heavy atom. The third-order valence-electron chi connectivity index (χ3n) is 9.47. The normalized spacial score (nSPS) is 14.4. The first-order valence-electron chi connectivity index (χ1n) is 16.0. The summed E-state index contributed by atoms with van der Waals surface area (Å²) in [6.45, 7) is 4.31.